The smallest absolute Gasteiger partial charge is 0.222 e. The Bertz CT molecular complexity index is 928. The van der Waals surface area contributed by atoms with Gasteiger partial charge in [-0.15, -0.1) is 0 Å². The number of carbonyl (C=O) groups is 4. The number of rotatable bonds is 36. The zero-order valence-electron chi connectivity index (χ0n) is 32.1. The van der Waals surface area contributed by atoms with Gasteiger partial charge in [-0.05, 0) is 0 Å². The topological polar surface area (TPSA) is 396 Å². The van der Waals surface area contributed by atoms with Crippen LogP contribution in [0.2, 0.25) is 0 Å². The molecular weight excluding hydrogens is 772 g/mol. The molecule has 0 aromatic rings. The van der Waals surface area contributed by atoms with Gasteiger partial charge < -0.3 is 101 Å². The summed E-state index contributed by atoms with van der Waals surface area (Å²) < 4.78 is 23.1. The second-order valence-electron chi connectivity index (χ2n) is 13.9. The summed E-state index contributed by atoms with van der Waals surface area (Å²) in [4.78, 5) is 50.1. The summed E-state index contributed by atoms with van der Waals surface area (Å²) in [5, 5.41) is 123. The van der Waals surface area contributed by atoms with Gasteiger partial charge in [0.2, 0.25) is 23.6 Å². The third-order valence-corrected chi connectivity index (χ3v) is 8.78. The van der Waals surface area contributed by atoms with Crippen molar-refractivity contribution in [3.05, 3.63) is 0 Å². The summed E-state index contributed by atoms with van der Waals surface area (Å²) in [7, 11) is 0. The number of hydrogen-bond acceptors (Lipinski definition) is 20. The fraction of sp³-hybridized carbons (Fsp3) is 0.879. The highest BCUT2D eigenvalue weighted by Gasteiger charge is 2.36. The van der Waals surface area contributed by atoms with Gasteiger partial charge in [-0.2, -0.15) is 0 Å². The van der Waals surface area contributed by atoms with E-state index in [0.29, 0.717) is 0 Å². The Hall–Kier alpha value is -2.76. The van der Waals surface area contributed by atoms with E-state index in [1.807, 2.05) is 0 Å². The number of amides is 4. The molecule has 0 aliphatic carbocycles. The Labute approximate surface area is 329 Å². The van der Waals surface area contributed by atoms with E-state index < -0.39 is 130 Å². The number of ether oxygens (including phenoxy) is 4. The van der Waals surface area contributed by atoms with Gasteiger partial charge in [-0.1, -0.05) is 0 Å². The van der Waals surface area contributed by atoms with Crippen LogP contribution in [0.3, 0.4) is 0 Å². The third kappa shape index (κ3) is 19.2. The Morgan fingerprint density at radius 1 is 0.316 bits per heavy atom. The molecule has 0 rings (SSSR count). The highest BCUT2D eigenvalue weighted by molar-refractivity contribution is 5.78. The van der Waals surface area contributed by atoms with E-state index in [0.717, 1.165) is 0 Å². The molecule has 0 fully saturated rings. The molecule has 0 aliphatic rings. The van der Waals surface area contributed by atoms with E-state index in [4.69, 9.17) is 18.9 Å². The van der Waals surface area contributed by atoms with E-state index in [1.54, 1.807) is 0 Å². The van der Waals surface area contributed by atoms with E-state index in [1.165, 1.54) is 0 Å². The molecule has 0 aliphatic heterocycles. The molecular formula is C33H64N4O20. The van der Waals surface area contributed by atoms with Crippen LogP contribution < -0.4 is 21.3 Å². The molecule has 0 heterocycles. The highest BCUT2D eigenvalue weighted by Crippen LogP contribution is 2.22. The fourth-order valence-corrected chi connectivity index (χ4v) is 4.57. The van der Waals surface area contributed by atoms with Crippen LogP contribution in [0.15, 0.2) is 0 Å². The summed E-state index contributed by atoms with van der Waals surface area (Å²) in [6.45, 7) is -11.5. The summed E-state index contributed by atoms with van der Waals surface area (Å²) in [5.41, 5.74) is -8.09. The van der Waals surface area contributed by atoms with Gasteiger partial charge in [0.15, 0.2) is 0 Å². The average Bonchev–Trinajstić information content (AvgIpc) is 3.23. The van der Waals surface area contributed by atoms with Crippen molar-refractivity contribution in [2.24, 2.45) is 5.41 Å². The Kier molecular flexibility index (Phi) is 27.2. The Morgan fingerprint density at radius 2 is 0.474 bits per heavy atom. The molecule has 336 valence electrons. The molecule has 4 amide bonds. The van der Waals surface area contributed by atoms with Gasteiger partial charge in [0.05, 0.1) is 138 Å². The second-order valence-corrected chi connectivity index (χ2v) is 13.9. The van der Waals surface area contributed by atoms with Crippen molar-refractivity contribution in [1.29, 1.82) is 0 Å². The molecule has 24 heteroatoms. The van der Waals surface area contributed by atoms with Crippen molar-refractivity contribution in [3.8, 4) is 0 Å². The molecule has 0 aromatic carbocycles. The van der Waals surface area contributed by atoms with Crippen LogP contribution in [0.4, 0.5) is 0 Å². The minimum Gasteiger partial charge on any atom is -0.394 e. The minimum absolute atomic E-state index is 0.276. The molecule has 0 radical (unpaired) electrons. The zero-order valence-corrected chi connectivity index (χ0v) is 32.1. The first-order valence-electron chi connectivity index (χ1n) is 18.0. The Balaban J connectivity index is 6.09. The molecule has 0 saturated heterocycles. The monoisotopic (exact) mass is 836 g/mol. The molecule has 0 bridgehead atoms. The lowest BCUT2D eigenvalue weighted by Crippen LogP contribution is -2.57. The quantitative estimate of drug-likeness (QED) is 0.0261. The molecule has 0 atom stereocenters. The summed E-state index contributed by atoms with van der Waals surface area (Å²) in [5.74, 6) is -2.82. The van der Waals surface area contributed by atoms with Crippen molar-refractivity contribution < 1.29 is 99.4 Å². The molecule has 0 saturated carbocycles. The predicted octanol–water partition coefficient (Wildman–Crippen LogP) is -9.07. The summed E-state index contributed by atoms with van der Waals surface area (Å²) in [6, 6.07) is 0. The summed E-state index contributed by atoms with van der Waals surface area (Å²) in [6.07, 6.45) is -1.30. The normalized spacial score (nSPS) is 12.7. The SMILES string of the molecule is O=C(CCOCC(COCCC(=O)NC(CO)(CO)CO)(COCCC(=O)NC(CO)(CO)CO)COCCC(=O)NC(CO)(CO)CO)NC(CO)(CO)CO. The van der Waals surface area contributed by atoms with Gasteiger partial charge in [0.1, 0.15) is 22.2 Å². The first-order chi connectivity index (χ1) is 27.1. The highest BCUT2D eigenvalue weighted by atomic mass is 16.5. The van der Waals surface area contributed by atoms with E-state index in [2.05, 4.69) is 21.3 Å². The van der Waals surface area contributed by atoms with Crippen molar-refractivity contribution in [2.45, 2.75) is 47.8 Å². The maximum absolute atomic E-state index is 12.5. The standard InChI is InChI=1S/C33H64N4O20/c38-9-30(10-39,11-40)34-25(50)1-5-54-21-29(22-55-6-2-26(51)35-31(12-41,13-42)14-43,23-56-7-3-27(52)36-32(15-44,16-45)17-46)24-57-8-4-28(53)37-33(18-47,19-48)20-49/h38-49H,1-24H2,(H,34,50)(H,35,51)(H,36,52)(H,37,53). The van der Waals surface area contributed by atoms with Crippen LogP contribution in [-0.2, 0) is 38.1 Å². The van der Waals surface area contributed by atoms with Crippen LogP contribution in [0.25, 0.3) is 0 Å². The van der Waals surface area contributed by atoms with Crippen LogP contribution in [0.1, 0.15) is 25.7 Å². The van der Waals surface area contributed by atoms with E-state index in [-0.39, 0.29) is 78.5 Å². The number of nitrogens with one attached hydrogen (secondary N) is 4. The lowest BCUT2D eigenvalue weighted by molar-refractivity contribution is -0.132. The molecule has 57 heavy (non-hydrogen) atoms. The molecule has 0 unspecified atom stereocenters. The van der Waals surface area contributed by atoms with Crippen molar-refractivity contribution in [3.63, 3.8) is 0 Å². The van der Waals surface area contributed by atoms with Crippen LogP contribution in [0, 0.1) is 5.41 Å². The lowest BCUT2D eigenvalue weighted by Gasteiger charge is -2.33. The van der Waals surface area contributed by atoms with E-state index >= 15 is 0 Å². The van der Waals surface area contributed by atoms with Crippen molar-refractivity contribution in [1.82, 2.24) is 21.3 Å². The van der Waals surface area contributed by atoms with E-state index in [9.17, 15) is 80.5 Å². The van der Waals surface area contributed by atoms with Gasteiger partial charge in [0, 0.05) is 25.7 Å². The van der Waals surface area contributed by atoms with Crippen LogP contribution in [-0.4, -0.2) is 239 Å². The van der Waals surface area contributed by atoms with Gasteiger partial charge in [0.25, 0.3) is 0 Å². The van der Waals surface area contributed by atoms with Gasteiger partial charge in [-0.3, -0.25) is 19.2 Å². The number of aliphatic hydroxyl groups excluding tert-OH is 12. The second kappa shape index (κ2) is 28.6. The average molecular weight is 837 g/mol. The molecule has 24 nitrogen and oxygen atoms in total. The Morgan fingerprint density at radius 3 is 0.614 bits per heavy atom. The van der Waals surface area contributed by atoms with Gasteiger partial charge >= 0.3 is 0 Å². The van der Waals surface area contributed by atoms with Crippen molar-refractivity contribution >= 4 is 23.6 Å². The summed E-state index contributed by atoms with van der Waals surface area (Å²) >= 11 is 0. The molecule has 16 N–H and O–H groups in total. The molecule has 0 aromatic heterocycles. The molecule has 0 spiro atoms. The number of carbonyl (C=O) groups excluding carboxylic acids is 4. The fourth-order valence-electron chi connectivity index (χ4n) is 4.57. The first-order valence-corrected chi connectivity index (χ1v) is 18.0. The first kappa shape index (κ1) is 54.2. The largest absolute Gasteiger partial charge is 0.394 e. The van der Waals surface area contributed by atoms with Gasteiger partial charge in [-0.25, -0.2) is 0 Å². The lowest BCUT2D eigenvalue weighted by atomic mass is 9.92. The van der Waals surface area contributed by atoms with Crippen molar-refractivity contribution in [2.75, 3.05) is 132 Å². The maximum atomic E-state index is 12.5. The van der Waals surface area contributed by atoms with Crippen LogP contribution in [0.5, 0.6) is 0 Å². The number of hydrogen-bond donors (Lipinski definition) is 16. The number of aliphatic hydroxyl groups is 12. The minimum atomic E-state index is -1.69. The third-order valence-electron chi connectivity index (χ3n) is 8.78. The van der Waals surface area contributed by atoms with Crippen LogP contribution >= 0.6 is 0 Å². The zero-order chi connectivity index (χ0) is 43.4. The predicted molar refractivity (Wildman–Crippen MR) is 193 cm³/mol. The maximum Gasteiger partial charge on any atom is 0.222 e.